The third kappa shape index (κ3) is 2.04. The lowest BCUT2D eigenvalue weighted by molar-refractivity contribution is -0.135. The number of carbonyl (C=O) groups excluding carboxylic acids is 2. The summed E-state index contributed by atoms with van der Waals surface area (Å²) in [5.74, 6) is 0.464. The lowest BCUT2D eigenvalue weighted by Gasteiger charge is -2.24. The van der Waals surface area contributed by atoms with Gasteiger partial charge in [0.15, 0.2) is 0 Å². The molecule has 2 aliphatic heterocycles. The van der Waals surface area contributed by atoms with Gasteiger partial charge in [-0.15, -0.1) is 0 Å². The molecule has 3 atom stereocenters. The van der Waals surface area contributed by atoms with E-state index in [9.17, 15) is 9.59 Å². The van der Waals surface area contributed by atoms with E-state index in [4.69, 9.17) is 5.73 Å². The average molecular weight is 225 g/mol. The molecule has 0 bridgehead atoms. The number of carbonyl (C=O) groups is 2. The Balaban J connectivity index is 1.97. The molecule has 0 spiro atoms. The van der Waals surface area contributed by atoms with Gasteiger partial charge in [-0.2, -0.15) is 0 Å². The van der Waals surface area contributed by atoms with Crippen molar-refractivity contribution in [3.05, 3.63) is 0 Å². The van der Waals surface area contributed by atoms with Crippen molar-refractivity contribution < 1.29 is 9.59 Å². The van der Waals surface area contributed by atoms with Gasteiger partial charge in [-0.05, 0) is 32.2 Å². The van der Waals surface area contributed by atoms with Crippen LogP contribution < -0.4 is 11.1 Å². The summed E-state index contributed by atoms with van der Waals surface area (Å²) in [5, 5.41) is 2.72. The van der Waals surface area contributed by atoms with Gasteiger partial charge in [-0.1, -0.05) is 0 Å². The number of rotatable bonds is 2. The topological polar surface area (TPSA) is 75.4 Å². The largest absolute Gasteiger partial charge is 0.344 e. The molecule has 3 N–H and O–H groups in total. The zero-order chi connectivity index (χ0) is 11.7. The van der Waals surface area contributed by atoms with Crippen molar-refractivity contribution in [2.75, 3.05) is 13.1 Å². The lowest BCUT2D eigenvalue weighted by atomic mass is 10.1. The number of amides is 2. The predicted molar refractivity (Wildman–Crippen MR) is 59.5 cm³/mol. The normalized spacial score (nSPS) is 34.2. The van der Waals surface area contributed by atoms with Crippen molar-refractivity contribution in [3.8, 4) is 0 Å². The van der Waals surface area contributed by atoms with Crippen molar-refractivity contribution in [3.63, 3.8) is 0 Å². The first-order valence-corrected chi connectivity index (χ1v) is 5.91. The monoisotopic (exact) mass is 225 g/mol. The first-order chi connectivity index (χ1) is 7.61. The van der Waals surface area contributed by atoms with Crippen LogP contribution in [0.4, 0.5) is 0 Å². The molecular weight excluding hydrogens is 206 g/mol. The Labute approximate surface area is 95.3 Å². The van der Waals surface area contributed by atoms with E-state index in [1.54, 1.807) is 0 Å². The Hall–Kier alpha value is -1.10. The molecule has 16 heavy (non-hydrogen) atoms. The number of nitrogens with zero attached hydrogens (tertiary/aromatic N) is 1. The number of likely N-dealkylation sites (tertiary alicyclic amines) is 1. The molecule has 0 radical (unpaired) electrons. The maximum Gasteiger partial charge on any atom is 0.245 e. The van der Waals surface area contributed by atoms with Gasteiger partial charge in [-0.3, -0.25) is 9.59 Å². The Morgan fingerprint density at radius 3 is 2.88 bits per heavy atom. The van der Waals surface area contributed by atoms with E-state index in [1.807, 2.05) is 11.8 Å². The van der Waals surface area contributed by atoms with Gasteiger partial charge in [0.25, 0.3) is 0 Å². The summed E-state index contributed by atoms with van der Waals surface area (Å²) < 4.78 is 0. The maximum absolute atomic E-state index is 12.1. The summed E-state index contributed by atoms with van der Waals surface area (Å²) in [5.41, 5.74) is 5.63. The molecular formula is C11H19N3O2. The standard InChI is InChI=1S/C11H19N3O2/c1-7-4-8(5-12)6-14(7)11(16)9-2-3-10(15)13-9/h7-9H,2-6,12H2,1H3,(H,13,15)/t7?,8?,9-/m1/s1. The number of hydrogen-bond donors (Lipinski definition) is 2. The van der Waals surface area contributed by atoms with Crippen LogP contribution in [0.25, 0.3) is 0 Å². The molecule has 0 aromatic carbocycles. The lowest BCUT2D eigenvalue weighted by Crippen LogP contribution is -2.46. The fourth-order valence-corrected chi connectivity index (χ4v) is 2.62. The summed E-state index contributed by atoms with van der Waals surface area (Å²) in [6.45, 7) is 3.42. The molecule has 0 aliphatic carbocycles. The smallest absolute Gasteiger partial charge is 0.245 e. The van der Waals surface area contributed by atoms with Crippen LogP contribution in [0.1, 0.15) is 26.2 Å². The van der Waals surface area contributed by atoms with Crippen molar-refractivity contribution in [1.82, 2.24) is 10.2 Å². The van der Waals surface area contributed by atoms with Crippen molar-refractivity contribution in [1.29, 1.82) is 0 Å². The molecule has 2 amide bonds. The van der Waals surface area contributed by atoms with Gasteiger partial charge in [0.05, 0.1) is 0 Å². The SMILES string of the molecule is CC1CC(CN)CN1C(=O)[C@H]1CCC(=O)N1. The Kier molecular flexibility index (Phi) is 3.14. The van der Waals surface area contributed by atoms with Crippen LogP contribution in [0, 0.1) is 5.92 Å². The van der Waals surface area contributed by atoms with Crippen LogP contribution >= 0.6 is 0 Å². The predicted octanol–water partition coefficient (Wildman–Crippen LogP) is -0.539. The molecule has 0 saturated carbocycles. The molecule has 2 aliphatic rings. The van der Waals surface area contributed by atoms with Crippen LogP contribution in [0.15, 0.2) is 0 Å². The second-order valence-electron chi connectivity index (χ2n) is 4.84. The van der Waals surface area contributed by atoms with Crippen molar-refractivity contribution >= 4 is 11.8 Å². The Bertz CT molecular complexity index is 306. The quantitative estimate of drug-likeness (QED) is 0.663. The maximum atomic E-state index is 12.1. The van der Waals surface area contributed by atoms with Crippen LogP contribution in [-0.4, -0.2) is 41.9 Å². The van der Waals surface area contributed by atoms with E-state index >= 15 is 0 Å². The van der Waals surface area contributed by atoms with Crippen molar-refractivity contribution in [2.45, 2.75) is 38.3 Å². The zero-order valence-electron chi connectivity index (χ0n) is 9.61. The van der Waals surface area contributed by atoms with Crippen LogP contribution in [-0.2, 0) is 9.59 Å². The van der Waals surface area contributed by atoms with E-state index in [-0.39, 0.29) is 23.9 Å². The number of nitrogens with one attached hydrogen (secondary N) is 1. The summed E-state index contributed by atoms with van der Waals surface area (Å²) in [4.78, 5) is 25.1. The van der Waals surface area contributed by atoms with Crippen LogP contribution in [0.2, 0.25) is 0 Å². The Morgan fingerprint density at radius 2 is 2.38 bits per heavy atom. The average Bonchev–Trinajstić information content (AvgIpc) is 2.83. The minimum Gasteiger partial charge on any atom is -0.344 e. The summed E-state index contributed by atoms with van der Waals surface area (Å²) in [7, 11) is 0. The molecule has 90 valence electrons. The number of hydrogen-bond acceptors (Lipinski definition) is 3. The molecule has 5 heteroatoms. The van der Waals surface area contributed by atoms with Gasteiger partial charge >= 0.3 is 0 Å². The highest BCUT2D eigenvalue weighted by molar-refractivity contribution is 5.91. The highest BCUT2D eigenvalue weighted by Crippen LogP contribution is 2.24. The van der Waals surface area contributed by atoms with Gasteiger partial charge in [0.2, 0.25) is 11.8 Å². The minimum absolute atomic E-state index is 0.0134. The molecule has 5 nitrogen and oxygen atoms in total. The summed E-state index contributed by atoms with van der Waals surface area (Å²) in [6, 6.07) is -0.0509. The highest BCUT2D eigenvalue weighted by atomic mass is 16.2. The van der Waals surface area contributed by atoms with Gasteiger partial charge in [0.1, 0.15) is 6.04 Å². The van der Waals surface area contributed by atoms with Gasteiger partial charge in [0, 0.05) is 19.0 Å². The van der Waals surface area contributed by atoms with Crippen LogP contribution in [0.3, 0.4) is 0 Å². The summed E-state index contributed by atoms with van der Waals surface area (Å²) >= 11 is 0. The van der Waals surface area contributed by atoms with E-state index in [0.29, 0.717) is 25.3 Å². The van der Waals surface area contributed by atoms with Crippen molar-refractivity contribution in [2.24, 2.45) is 11.7 Å². The second kappa shape index (κ2) is 4.41. The van der Waals surface area contributed by atoms with Gasteiger partial charge < -0.3 is 16.0 Å². The summed E-state index contributed by atoms with van der Waals surface area (Å²) in [6.07, 6.45) is 2.08. The molecule has 0 aromatic heterocycles. The second-order valence-corrected chi connectivity index (χ2v) is 4.84. The highest BCUT2D eigenvalue weighted by Gasteiger charge is 2.37. The molecule has 2 heterocycles. The van der Waals surface area contributed by atoms with E-state index in [2.05, 4.69) is 5.32 Å². The minimum atomic E-state index is -0.300. The van der Waals surface area contributed by atoms with E-state index < -0.39 is 0 Å². The molecule has 2 rings (SSSR count). The van der Waals surface area contributed by atoms with Gasteiger partial charge in [-0.25, -0.2) is 0 Å². The number of nitrogens with two attached hydrogens (primary N) is 1. The van der Waals surface area contributed by atoms with E-state index in [1.165, 1.54) is 0 Å². The fraction of sp³-hybridized carbons (Fsp3) is 0.818. The molecule has 2 unspecified atom stereocenters. The molecule has 0 aromatic rings. The Morgan fingerprint density at radius 1 is 1.62 bits per heavy atom. The third-order valence-corrected chi connectivity index (χ3v) is 3.57. The third-order valence-electron chi connectivity index (χ3n) is 3.57. The first-order valence-electron chi connectivity index (χ1n) is 5.91. The van der Waals surface area contributed by atoms with E-state index in [0.717, 1.165) is 13.0 Å². The molecule has 2 saturated heterocycles. The zero-order valence-corrected chi connectivity index (χ0v) is 9.61. The fourth-order valence-electron chi connectivity index (χ4n) is 2.62. The first kappa shape index (κ1) is 11.4. The van der Waals surface area contributed by atoms with Crippen LogP contribution in [0.5, 0.6) is 0 Å². The molecule has 2 fully saturated rings.